The van der Waals surface area contributed by atoms with Gasteiger partial charge in [-0.2, -0.15) is 5.26 Å². The molecule has 2 aromatic rings. The zero-order valence-electron chi connectivity index (χ0n) is 16.6. The Morgan fingerprint density at radius 1 is 1.29 bits per heavy atom. The zero-order valence-corrected chi connectivity index (χ0v) is 17.3. The third-order valence-corrected chi connectivity index (χ3v) is 5.69. The molecule has 0 aromatic heterocycles. The second-order valence-corrected chi connectivity index (χ2v) is 8.36. The maximum atomic E-state index is 12.5. The van der Waals surface area contributed by atoms with Crippen molar-refractivity contribution in [1.29, 1.82) is 5.26 Å². The smallest absolute Gasteiger partial charge is 0.266 e. The van der Waals surface area contributed by atoms with Gasteiger partial charge in [-0.15, -0.1) is 0 Å². The number of amides is 1. The van der Waals surface area contributed by atoms with E-state index in [-0.39, 0.29) is 11.1 Å². The van der Waals surface area contributed by atoms with E-state index < -0.39 is 5.91 Å². The second kappa shape index (κ2) is 7.69. The molecule has 0 bridgehead atoms. The van der Waals surface area contributed by atoms with Crippen LogP contribution in [0.25, 0.3) is 6.08 Å². The summed E-state index contributed by atoms with van der Waals surface area (Å²) in [6, 6.07) is 14.9. The molecular formula is C23H24ClN3O. The molecule has 0 saturated carbocycles. The van der Waals surface area contributed by atoms with E-state index in [1.807, 2.05) is 12.1 Å². The van der Waals surface area contributed by atoms with Crippen LogP contribution in [0.1, 0.15) is 44.2 Å². The Morgan fingerprint density at radius 2 is 1.96 bits per heavy atom. The molecule has 2 aromatic carbocycles. The number of nitrogens with zero attached hydrogens (tertiary/aromatic N) is 2. The van der Waals surface area contributed by atoms with Crippen LogP contribution in [-0.4, -0.2) is 18.5 Å². The van der Waals surface area contributed by atoms with Crippen LogP contribution in [0.3, 0.4) is 0 Å². The van der Waals surface area contributed by atoms with Crippen LogP contribution in [-0.2, 0) is 4.79 Å². The Bertz CT molecular complexity index is 970. The van der Waals surface area contributed by atoms with Gasteiger partial charge in [0.25, 0.3) is 5.91 Å². The average Bonchev–Trinajstić information content (AvgIpc) is 2.65. The summed E-state index contributed by atoms with van der Waals surface area (Å²) in [5, 5.41) is 12.8. The van der Waals surface area contributed by atoms with Crippen molar-refractivity contribution in [2.75, 3.05) is 17.3 Å². The number of fused-ring (bicyclic) bond motifs is 1. The van der Waals surface area contributed by atoms with Crippen LogP contribution in [0.15, 0.2) is 48.0 Å². The third kappa shape index (κ3) is 4.05. The van der Waals surface area contributed by atoms with Crippen molar-refractivity contribution in [2.24, 2.45) is 0 Å². The Labute approximate surface area is 171 Å². The van der Waals surface area contributed by atoms with E-state index in [2.05, 4.69) is 50.2 Å². The number of benzene rings is 2. The van der Waals surface area contributed by atoms with Crippen LogP contribution in [0.5, 0.6) is 0 Å². The van der Waals surface area contributed by atoms with E-state index in [1.165, 1.54) is 11.3 Å². The molecule has 5 heteroatoms. The summed E-state index contributed by atoms with van der Waals surface area (Å²) < 4.78 is 0. The molecule has 3 rings (SSSR count). The first-order chi connectivity index (χ1) is 13.2. The van der Waals surface area contributed by atoms with Gasteiger partial charge in [-0.25, -0.2) is 0 Å². The van der Waals surface area contributed by atoms with E-state index in [0.717, 1.165) is 12.0 Å². The van der Waals surface area contributed by atoms with Gasteiger partial charge in [0.2, 0.25) is 0 Å². The molecule has 28 heavy (non-hydrogen) atoms. The van der Waals surface area contributed by atoms with Crippen molar-refractivity contribution in [1.82, 2.24) is 0 Å². The van der Waals surface area contributed by atoms with E-state index in [0.29, 0.717) is 16.6 Å². The number of halogens is 1. The maximum absolute atomic E-state index is 12.5. The molecule has 1 amide bonds. The second-order valence-electron chi connectivity index (χ2n) is 7.93. The van der Waals surface area contributed by atoms with Gasteiger partial charge in [-0.1, -0.05) is 24.6 Å². The van der Waals surface area contributed by atoms with E-state index >= 15 is 0 Å². The monoisotopic (exact) mass is 393 g/mol. The fraction of sp³-hybridized carbons (Fsp3) is 0.304. The topological polar surface area (TPSA) is 56.1 Å². The molecule has 0 aliphatic carbocycles. The van der Waals surface area contributed by atoms with Crippen LogP contribution in [0.4, 0.5) is 11.4 Å². The Balaban J connectivity index is 1.87. The molecule has 4 nitrogen and oxygen atoms in total. The van der Waals surface area contributed by atoms with E-state index in [9.17, 15) is 10.1 Å². The maximum Gasteiger partial charge on any atom is 0.266 e. The van der Waals surface area contributed by atoms with Crippen molar-refractivity contribution in [2.45, 2.75) is 38.6 Å². The molecule has 0 fully saturated rings. The highest BCUT2D eigenvalue weighted by Crippen LogP contribution is 2.42. The number of carbonyl (C=O) groups excluding carboxylic acids is 1. The highest BCUT2D eigenvalue weighted by atomic mass is 35.5. The molecule has 1 atom stereocenters. The summed E-state index contributed by atoms with van der Waals surface area (Å²) in [6.45, 7) is 6.71. The van der Waals surface area contributed by atoms with Gasteiger partial charge in [0.05, 0.1) is 0 Å². The molecule has 1 aliphatic heterocycles. The molecule has 0 saturated heterocycles. The van der Waals surface area contributed by atoms with Crippen molar-refractivity contribution >= 4 is 35.0 Å². The van der Waals surface area contributed by atoms with Gasteiger partial charge >= 0.3 is 0 Å². The summed E-state index contributed by atoms with van der Waals surface area (Å²) >= 11 is 5.86. The van der Waals surface area contributed by atoms with Crippen molar-refractivity contribution < 1.29 is 4.79 Å². The predicted molar refractivity (Wildman–Crippen MR) is 116 cm³/mol. The standard InChI is InChI=1S/C23H24ClN3O/c1-15-13-23(2,3)27(4)21-10-5-16(12-20(15)21)11-17(14-25)22(28)26-19-8-6-18(24)7-9-19/h5-12,15H,13H2,1-4H3,(H,26,28)/b17-11-/t15-/m1/s1. The highest BCUT2D eigenvalue weighted by Gasteiger charge is 2.33. The van der Waals surface area contributed by atoms with Crippen molar-refractivity contribution in [3.8, 4) is 6.07 Å². The number of carbonyl (C=O) groups is 1. The predicted octanol–water partition coefficient (Wildman–Crippen LogP) is 5.61. The van der Waals surface area contributed by atoms with Crippen LogP contribution in [0.2, 0.25) is 5.02 Å². The first kappa shape index (κ1) is 20.0. The SMILES string of the molecule is C[C@@H]1CC(C)(C)N(C)c2ccc(/C=C(/C#N)C(=O)Nc3ccc(Cl)cc3)cc21. The number of hydrogen-bond donors (Lipinski definition) is 1. The molecule has 0 radical (unpaired) electrons. The first-order valence-corrected chi connectivity index (χ1v) is 9.65. The number of nitriles is 1. The van der Waals surface area contributed by atoms with Gasteiger partial charge in [-0.3, -0.25) is 4.79 Å². The van der Waals surface area contributed by atoms with Crippen molar-refractivity contribution in [3.05, 3.63) is 64.2 Å². The van der Waals surface area contributed by atoms with E-state index in [4.69, 9.17) is 11.6 Å². The van der Waals surface area contributed by atoms with E-state index in [1.54, 1.807) is 30.3 Å². The fourth-order valence-electron chi connectivity index (χ4n) is 3.73. The Morgan fingerprint density at radius 3 is 2.61 bits per heavy atom. The Hall–Kier alpha value is -2.77. The lowest BCUT2D eigenvalue weighted by Crippen LogP contribution is -2.45. The lowest BCUT2D eigenvalue weighted by atomic mass is 9.80. The minimum atomic E-state index is -0.436. The van der Waals surface area contributed by atoms with Gasteiger partial charge in [-0.05, 0) is 79.8 Å². The molecule has 1 heterocycles. The highest BCUT2D eigenvalue weighted by molar-refractivity contribution is 6.30. The first-order valence-electron chi connectivity index (χ1n) is 9.28. The summed E-state index contributed by atoms with van der Waals surface area (Å²) in [6.07, 6.45) is 2.68. The van der Waals surface area contributed by atoms with Gasteiger partial charge in [0.1, 0.15) is 11.6 Å². The quantitative estimate of drug-likeness (QED) is 0.544. The van der Waals surface area contributed by atoms with Gasteiger partial charge < -0.3 is 10.2 Å². The van der Waals surface area contributed by atoms with Crippen molar-refractivity contribution in [3.63, 3.8) is 0 Å². The number of hydrogen-bond acceptors (Lipinski definition) is 3. The largest absolute Gasteiger partial charge is 0.369 e. The molecule has 1 N–H and O–H groups in total. The van der Waals surface area contributed by atoms with Crippen LogP contribution in [0, 0.1) is 11.3 Å². The average molecular weight is 394 g/mol. The van der Waals surface area contributed by atoms with Crippen LogP contribution < -0.4 is 10.2 Å². The van der Waals surface area contributed by atoms with Gasteiger partial charge in [0, 0.05) is 29.0 Å². The third-order valence-electron chi connectivity index (χ3n) is 5.44. The summed E-state index contributed by atoms with van der Waals surface area (Å²) in [7, 11) is 2.11. The summed E-state index contributed by atoms with van der Waals surface area (Å²) in [5.41, 5.74) is 4.04. The Kier molecular flexibility index (Phi) is 5.49. The lowest BCUT2D eigenvalue weighted by Gasteiger charge is -2.45. The minimum absolute atomic E-state index is 0.0621. The molecule has 1 aliphatic rings. The van der Waals surface area contributed by atoms with Gasteiger partial charge in [0.15, 0.2) is 0 Å². The lowest BCUT2D eigenvalue weighted by molar-refractivity contribution is -0.112. The summed E-state index contributed by atoms with van der Waals surface area (Å²) in [4.78, 5) is 14.8. The molecule has 0 unspecified atom stereocenters. The molecular weight excluding hydrogens is 370 g/mol. The number of anilines is 2. The molecule has 144 valence electrons. The summed E-state index contributed by atoms with van der Waals surface area (Å²) in [5.74, 6) is -0.0307. The fourth-order valence-corrected chi connectivity index (χ4v) is 3.86. The molecule has 0 spiro atoms. The number of rotatable bonds is 3. The zero-order chi connectivity index (χ0) is 20.5. The minimum Gasteiger partial charge on any atom is -0.369 e. The number of nitrogens with one attached hydrogen (secondary N) is 1. The normalized spacial score (nSPS) is 18.2. The van der Waals surface area contributed by atoms with Crippen LogP contribution >= 0.6 is 11.6 Å².